The molecule has 0 amide bonds. The van der Waals surface area contributed by atoms with Crippen LogP contribution < -0.4 is 20.5 Å². The van der Waals surface area contributed by atoms with Gasteiger partial charge in [-0.2, -0.15) is 10.1 Å². The van der Waals surface area contributed by atoms with Crippen molar-refractivity contribution in [3.63, 3.8) is 0 Å². The minimum absolute atomic E-state index is 0.162. The van der Waals surface area contributed by atoms with Crippen LogP contribution in [-0.2, 0) is 0 Å². The van der Waals surface area contributed by atoms with Crippen LogP contribution in [-0.4, -0.2) is 58.4 Å². The number of para-hydroxylation sites is 2. The number of nitrogens with zero attached hydrogens (tertiary/aromatic N) is 4. The van der Waals surface area contributed by atoms with E-state index in [0.29, 0.717) is 23.9 Å². The molecule has 0 atom stereocenters. The maximum Gasteiger partial charge on any atom is 0.222 e. The van der Waals surface area contributed by atoms with Crippen molar-refractivity contribution < 1.29 is 9.47 Å². The summed E-state index contributed by atoms with van der Waals surface area (Å²) < 4.78 is 11.6. The summed E-state index contributed by atoms with van der Waals surface area (Å²) >= 11 is 0. The SMILES string of the molecule is CCN(CC)CCOc1ccc(-c2nc(N)nc(Nc3ccccc3OC)c2-c2ccc3[nH]ncc3c2)cc1. The van der Waals surface area contributed by atoms with E-state index in [1.165, 1.54) is 0 Å². The summed E-state index contributed by atoms with van der Waals surface area (Å²) in [6.07, 6.45) is 1.80. The van der Waals surface area contributed by atoms with E-state index in [-0.39, 0.29) is 5.95 Å². The van der Waals surface area contributed by atoms with Crippen LogP contribution in [0, 0.1) is 0 Å². The molecule has 0 bridgehead atoms. The van der Waals surface area contributed by atoms with Gasteiger partial charge >= 0.3 is 0 Å². The monoisotopic (exact) mass is 523 g/mol. The molecule has 4 N–H and O–H groups in total. The highest BCUT2D eigenvalue weighted by molar-refractivity contribution is 5.94. The molecule has 0 fully saturated rings. The normalized spacial score (nSPS) is 11.2. The number of anilines is 3. The second-order valence-corrected chi connectivity index (χ2v) is 9.05. The molecule has 9 nitrogen and oxygen atoms in total. The van der Waals surface area contributed by atoms with Gasteiger partial charge in [0.25, 0.3) is 0 Å². The first kappa shape index (κ1) is 26.0. The number of nitrogens with two attached hydrogens (primary N) is 1. The van der Waals surface area contributed by atoms with Crippen molar-refractivity contribution in [2.24, 2.45) is 0 Å². The van der Waals surface area contributed by atoms with Gasteiger partial charge in [-0.1, -0.05) is 32.0 Å². The number of methoxy groups -OCH3 is 1. The Morgan fingerprint density at radius 2 is 1.72 bits per heavy atom. The second-order valence-electron chi connectivity index (χ2n) is 9.05. The average Bonchev–Trinajstić information content (AvgIpc) is 3.44. The highest BCUT2D eigenvalue weighted by Crippen LogP contribution is 2.40. The van der Waals surface area contributed by atoms with E-state index in [2.05, 4.69) is 45.3 Å². The zero-order chi connectivity index (χ0) is 27.2. The zero-order valence-electron chi connectivity index (χ0n) is 22.4. The Hall–Kier alpha value is -4.63. The highest BCUT2D eigenvalue weighted by Gasteiger charge is 2.19. The van der Waals surface area contributed by atoms with Gasteiger partial charge in [-0.05, 0) is 67.2 Å². The summed E-state index contributed by atoms with van der Waals surface area (Å²) in [5.74, 6) is 2.24. The number of fused-ring (bicyclic) bond motifs is 1. The largest absolute Gasteiger partial charge is 0.495 e. The lowest BCUT2D eigenvalue weighted by Gasteiger charge is -2.19. The molecule has 0 spiro atoms. The number of benzene rings is 3. The Balaban J connectivity index is 1.55. The summed E-state index contributed by atoms with van der Waals surface area (Å²) in [4.78, 5) is 11.6. The molecule has 0 saturated carbocycles. The summed E-state index contributed by atoms with van der Waals surface area (Å²) in [5, 5.41) is 11.6. The van der Waals surface area contributed by atoms with Crippen LogP contribution in [0.2, 0.25) is 0 Å². The van der Waals surface area contributed by atoms with Gasteiger partial charge in [-0.15, -0.1) is 0 Å². The van der Waals surface area contributed by atoms with Gasteiger partial charge in [0.15, 0.2) is 0 Å². The number of nitrogens with one attached hydrogen (secondary N) is 2. The molecule has 5 aromatic rings. The smallest absolute Gasteiger partial charge is 0.222 e. The molecule has 0 saturated heterocycles. The van der Waals surface area contributed by atoms with Gasteiger partial charge in [0.2, 0.25) is 5.95 Å². The number of likely N-dealkylation sites (N-methyl/N-ethyl adjacent to an activating group) is 1. The van der Waals surface area contributed by atoms with E-state index in [1.54, 1.807) is 13.3 Å². The topological polar surface area (TPSA) is 114 Å². The van der Waals surface area contributed by atoms with Crippen molar-refractivity contribution in [2.45, 2.75) is 13.8 Å². The molecule has 0 unspecified atom stereocenters. The Morgan fingerprint density at radius 3 is 2.49 bits per heavy atom. The molecule has 0 radical (unpaired) electrons. The van der Waals surface area contributed by atoms with Crippen molar-refractivity contribution in [2.75, 3.05) is 44.4 Å². The van der Waals surface area contributed by atoms with Crippen molar-refractivity contribution in [3.8, 4) is 33.9 Å². The lowest BCUT2D eigenvalue weighted by molar-refractivity contribution is 0.223. The number of nitrogen functional groups attached to an aromatic ring is 1. The van der Waals surface area contributed by atoms with Crippen LogP contribution in [0.3, 0.4) is 0 Å². The van der Waals surface area contributed by atoms with Gasteiger partial charge in [-0.3, -0.25) is 5.10 Å². The predicted molar refractivity (Wildman–Crippen MR) is 157 cm³/mol. The van der Waals surface area contributed by atoms with Crippen LogP contribution in [0.5, 0.6) is 11.5 Å². The molecule has 3 aromatic carbocycles. The quantitative estimate of drug-likeness (QED) is 0.201. The van der Waals surface area contributed by atoms with E-state index in [9.17, 15) is 0 Å². The summed E-state index contributed by atoms with van der Waals surface area (Å²) in [7, 11) is 1.64. The molecule has 0 aliphatic carbocycles. The molecule has 0 aliphatic rings. The van der Waals surface area contributed by atoms with Crippen LogP contribution >= 0.6 is 0 Å². The van der Waals surface area contributed by atoms with Gasteiger partial charge in [0.05, 0.1) is 35.8 Å². The number of aromatic nitrogens is 4. The molecule has 39 heavy (non-hydrogen) atoms. The maximum atomic E-state index is 6.25. The maximum absolute atomic E-state index is 6.25. The fraction of sp³-hybridized carbons (Fsp3) is 0.233. The van der Waals surface area contributed by atoms with Crippen molar-refractivity contribution >= 4 is 28.4 Å². The Bertz CT molecular complexity index is 1550. The van der Waals surface area contributed by atoms with Crippen molar-refractivity contribution in [1.29, 1.82) is 0 Å². The minimum Gasteiger partial charge on any atom is -0.495 e. The lowest BCUT2D eigenvalue weighted by Crippen LogP contribution is -2.27. The Kier molecular flexibility index (Phi) is 7.88. The third kappa shape index (κ3) is 5.78. The fourth-order valence-electron chi connectivity index (χ4n) is 4.57. The van der Waals surface area contributed by atoms with Crippen LogP contribution in [0.1, 0.15) is 13.8 Å². The van der Waals surface area contributed by atoms with E-state index in [1.807, 2.05) is 60.7 Å². The Labute approximate surface area is 228 Å². The number of hydrogen-bond acceptors (Lipinski definition) is 8. The van der Waals surface area contributed by atoms with Gasteiger partial charge < -0.3 is 25.4 Å². The lowest BCUT2D eigenvalue weighted by atomic mass is 9.98. The molecule has 0 aliphatic heterocycles. The third-order valence-corrected chi connectivity index (χ3v) is 6.71. The van der Waals surface area contributed by atoms with Crippen molar-refractivity contribution in [3.05, 3.63) is 72.9 Å². The third-order valence-electron chi connectivity index (χ3n) is 6.71. The van der Waals surface area contributed by atoms with Crippen LogP contribution in [0.4, 0.5) is 17.5 Å². The first-order chi connectivity index (χ1) is 19.1. The number of rotatable bonds is 11. The second kappa shape index (κ2) is 11.8. The van der Waals surface area contributed by atoms with Crippen LogP contribution in [0.15, 0.2) is 72.9 Å². The van der Waals surface area contributed by atoms with Crippen LogP contribution in [0.25, 0.3) is 33.3 Å². The first-order valence-electron chi connectivity index (χ1n) is 13.1. The summed E-state index contributed by atoms with van der Waals surface area (Å²) in [6, 6.07) is 21.7. The molecule has 9 heteroatoms. The van der Waals surface area contributed by atoms with E-state index < -0.39 is 0 Å². The number of ether oxygens (including phenoxy) is 2. The predicted octanol–water partition coefficient (Wildman–Crippen LogP) is 5.74. The average molecular weight is 524 g/mol. The molecule has 2 heterocycles. The van der Waals surface area contributed by atoms with Gasteiger partial charge in [0.1, 0.15) is 23.9 Å². The Morgan fingerprint density at radius 1 is 0.949 bits per heavy atom. The molecular weight excluding hydrogens is 490 g/mol. The molecule has 5 rings (SSSR count). The van der Waals surface area contributed by atoms with Crippen molar-refractivity contribution in [1.82, 2.24) is 25.1 Å². The molecule has 2 aromatic heterocycles. The van der Waals surface area contributed by atoms with Gasteiger partial charge in [-0.25, -0.2) is 4.98 Å². The fourth-order valence-corrected chi connectivity index (χ4v) is 4.57. The minimum atomic E-state index is 0.162. The standard InChI is InChI=1S/C30H33N7O2/c1-4-37(5-2)16-17-39-23-13-10-20(11-14-23)28-27(21-12-15-24-22(18-21)19-32-36-24)29(35-30(31)34-28)33-25-8-6-7-9-26(25)38-3/h6-15,18-19H,4-5,16-17H2,1-3H3,(H,32,36)(H3,31,33,34,35). The van der Waals surface area contributed by atoms with Gasteiger partial charge in [0, 0.05) is 17.5 Å². The number of hydrogen-bond donors (Lipinski definition) is 3. The van der Waals surface area contributed by atoms with E-state index >= 15 is 0 Å². The summed E-state index contributed by atoms with van der Waals surface area (Å²) in [5.41, 5.74) is 11.3. The zero-order valence-corrected chi connectivity index (χ0v) is 22.4. The molecule has 200 valence electrons. The first-order valence-corrected chi connectivity index (χ1v) is 13.1. The van der Waals surface area contributed by atoms with E-state index in [0.717, 1.165) is 58.7 Å². The number of aromatic amines is 1. The summed E-state index contributed by atoms with van der Waals surface area (Å²) in [6.45, 7) is 7.84. The highest BCUT2D eigenvalue weighted by atomic mass is 16.5. The molecular formula is C30H33N7O2. The van der Waals surface area contributed by atoms with E-state index in [4.69, 9.17) is 20.2 Å². The number of H-pyrrole nitrogens is 1.